The van der Waals surface area contributed by atoms with Gasteiger partial charge in [0, 0.05) is 38.3 Å². The van der Waals surface area contributed by atoms with Crippen LogP contribution in [0.25, 0.3) is 12.2 Å². The highest BCUT2D eigenvalue weighted by molar-refractivity contribution is 6.06. The Morgan fingerprint density at radius 3 is 2.20 bits per heavy atom. The first-order valence-corrected chi connectivity index (χ1v) is 10.2. The van der Waals surface area contributed by atoms with Crippen LogP contribution in [-0.4, -0.2) is 66.3 Å². The highest BCUT2D eigenvalue weighted by atomic mass is 16.3. The van der Waals surface area contributed by atoms with Crippen molar-refractivity contribution in [2.45, 2.75) is 6.54 Å². The van der Waals surface area contributed by atoms with E-state index in [1.54, 1.807) is 18.2 Å². The standard InChI is InChI=1S/C25H28N2O3/c1-26-13-15-27(16-14-26)18-22-3-2-4-23(17-22)25(30)12-10-21-7-5-20(6-8-21)9-11-24(29)19-28/h2-12,17,28H,13-16,18-19H2,1H3/b11-9+,12-10+. The highest BCUT2D eigenvalue weighted by Gasteiger charge is 2.14. The van der Waals surface area contributed by atoms with Crippen molar-refractivity contribution in [1.82, 2.24) is 9.80 Å². The zero-order chi connectivity index (χ0) is 21.3. The summed E-state index contributed by atoms with van der Waals surface area (Å²) in [6, 6.07) is 15.4. The SMILES string of the molecule is CN1CCN(Cc2cccc(C(=O)/C=C/c3ccc(/C=C/C(=O)CO)cc3)c2)CC1. The van der Waals surface area contributed by atoms with Crippen molar-refractivity contribution < 1.29 is 14.7 Å². The molecule has 3 rings (SSSR count). The van der Waals surface area contributed by atoms with E-state index in [1.807, 2.05) is 42.5 Å². The Kier molecular flexibility index (Phi) is 7.85. The normalized spacial score (nSPS) is 15.8. The summed E-state index contributed by atoms with van der Waals surface area (Å²) in [6.07, 6.45) is 6.39. The topological polar surface area (TPSA) is 60.9 Å². The van der Waals surface area contributed by atoms with Crippen LogP contribution in [0, 0.1) is 0 Å². The third-order valence-electron chi connectivity index (χ3n) is 5.19. The van der Waals surface area contributed by atoms with E-state index in [0.717, 1.165) is 49.4 Å². The molecule has 1 saturated heterocycles. The van der Waals surface area contributed by atoms with Gasteiger partial charge in [0.05, 0.1) is 0 Å². The fraction of sp³-hybridized carbons (Fsp3) is 0.280. The molecule has 30 heavy (non-hydrogen) atoms. The zero-order valence-electron chi connectivity index (χ0n) is 17.3. The van der Waals surface area contributed by atoms with E-state index in [-0.39, 0.29) is 11.6 Å². The van der Waals surface area contributed by atoms with Crippen molar-refractivity contribution in [2.24, 2.45) is 0 Å². The summed E-state index contributed by atoms with van der Waals surface area (Å²) >= 11 is 0. The monoisotopic (exact) mass is 404 g/mol. The Morgan fingerprint density at radius 1 is 0.933 bits per heavy atom. The molecule has 0 atom stereocenters. The van der Waals surface area contributed by atoms with Crippen molar-refractivity contribution in [3.8, 4) is 0 Å². The number of benzene rings is 2. The van der Waals surface area contributed by atoms with Crippen LogP contribution in [0.5, 0.6) is 0 Å². The molecule has 0 aromatic heterocycles. The fourth-order valence-corrected chi connectivity index (χ4v) is 3.32. The third-order valence-corrected chi connectivity index (χ3v) is 5.19. The van der Waals surface area contributed by atoms with Gasteiger partial charge in [-0.3, -0.25) is 14.5 Å². The summed E-state index contributed by atoms with van der Waals surface area (Å²) in [7, 11) is 2.14. The van der Waals surface area contributed by atoms with Crippen LogP contribution >= 0.6 is 0 Å². The van der Waals surface area contributed by atoms with E-state index in [9.17, 15) is 9.59 Å². The molecular weight excluding hydrogens is 376 g/mol. The third kappa shape index (κ3) is 6.59. The average molecular weight is 405 g/mol. The van der Waals surface area contributed by atoms with Crippen LogP contribution in [0.3, 0.4) is 0 Å². The molecule has 0 unspecified atom stereocenters. The van der Waals surface area contributed by atoms with E-state index in [0.29, 0.717) is 5.56 Å². The maximum atomic E-state index is 12.6. The second-order valence-corrected chi connectivity index (χ2v) is 7.60. The number of hydrogen-bond donors (Lipinski definition) is 1. The van der Waals surface area contributed by atoms with Crippen LogP contribution < -0.4 is 0 Å². The smallest absolute Gasteiger partial charge is 0.185 e. The van der Waals surface area contributed by atoms with Gasteiger partial charge in [-0.2, -0.15) is 0 Å². The van der Waals surface area contributed by atoms with Gasteiger partial charge in [-0.05, 0) is 42.0 Å². The van der Waals surface area contributed by atoms with E-state index >= 15 is 0 Å². The van der Waals surface area contributed by atoms with Crippen LogP contribution in [0.4, 0.5) is 0 Å². The summed E-state index contributed by atoms with van der Waals surface area (Å²) < 4.78 is 0. The lowest BCUT2D eigenvalue weighted by molar-refractivity contribution is -0.117. The Morgan fingerprint density at radius 2 is 1.57 bits per heavy atom. The van der Waals surface area contributed by atoms with Gasteiger partial charge in [0.2, 0.25) is 0 Å². The Hall–Kier alpha value is -2.86. The summed E-state index contributed by atoms with van der Waals surface area (Å²) in [5, 5.41) is 8.74. The Balaban J connectivity index is 1.59. The van der Waals surface area contributed by atoms with E-state index in [2.05, 4.69) is 22.9 Å². The number of allylic oxidation sites excluding steroid dienone is 1. The summed E-state index contributed by atoms with van der Waals surface area (Å²) in [5.41, 5.74) is 3.62. The van der Waals surface area contributed by atoms with Crippen molar-refractivity contribution in [2.75, 3.05) is 39.8 Å². The number of aliphatic hydroxyl groups excluding tert-OH is 1. The Bertz CT molecular complexity index is 924. The van der Waals surface area contributed by atoms with Crippen LogP contribution in [0.1, 0.15) is 27.0 Å². The molecule has 5 nitrogen and oxygen atoms in total. The van der Waals surface area contributed by atoms with Crippen LogP contribution in [0.15, 0.2) is 60.7 Å². The molecule has 0 amide bonds. The molecule has 1 fully saturated rings. The van der Waals surface area contributed by atoms with Crippen molar-refractivity contribution in [3.63, 3.8) is 0 Å². The van der Waals surface area contributed by atoms with Gasteiger partial charge in [-0.1, -0.05) is 54.6 Å². The van der Waals surface area contributed by atoms with Gasteiger partial charge in [0.15, 0.2) is 11.6 Å². The molecule has 0 spiro atoms. The van der Waals surface area contributed by atoms with Gasteiger partial charge in [-0.15, -0.1) is 0 Å². The van der Waals surface area contributed by atoms with Gasteiger partial charge in [-0.25, -0.2) is 0 Å². The molecule has 0 aliphatic carbocycles. The number of rotatable bonds is 8. The first kappa shape index (κ1) is 21.8. The predicted octanol–water partition coefficient (Wildman–Crippen LogP) is 2.90. The molecule has 1 N–H and O–H groups in total. The first-order valence-electron chi connectivity index (χ1n) is 10.2. The molecule has 1 heterocycles. The molecule has 2 aromatic rings. The number of aliphatic hydroxyl groups is 1. The lowest BCUT2D eigenvalue weighted by atomic mass is 10.0. The largest absolute Gasteiger partial charge is 0.388 e. The first-order chi connectivity index (χ1) is 14.5. The molecule has 1 aliphatic heterocycles. The zero-order valence-corrected chi connectivity index (χ0v) is 17.3. The molecule has 0 radical (unpaired) electrons. The molecule has 1 aliphatic rings. The molecule has 2 aromatic carbocycles. The minimum Gasteiger partial charge on any atom is -0.388 e. The Labute approximate surface area is 177 Å². The van der Waals surface area contributed by atoms with E-state index in [1.165, 1.54) is 6.08 Å². The number of nitrogens with zero attached hydrogens (tertiary/aromatic N) is 2. The number of likely N-dealkylation sites (N-methyl/N-ethyl adjacent to an activating group) is 1. The second kappa shape index (κ2) is 10.8. The molecule has 0 saturated carbocycles. The maximum absolute atomic E-state index is 12.6. The van der Waals surface area contributed by atoms with Gasteiger partial charge < -0.3 is 10.0 Å². The number of hydrogen-bond acceptors (Lipinski definition) is 5. The number of carbonyl (C=O) groups is 2. The lowest BCUT2D eigenvalue weighted by Gasteiger charge is -2.32. The minimum absolute atomic E-state index is 0.0206. The second-order valence-electron chi connectivity index (χ2n) is 7.60. The molecule has 5 heteroatoms. The predicted molar refractivity (Wildman–Crippen MR) is 120 cm³/mol. The quantitative estimate of drug-likeness (QED) is 0.542. The highest BCUT2D eigenvalue weighted by Crippen LogP contribution is 2.13. The van der Waals surface area contributed by atoms with E-state index in [4.69, 9.17) is 5.11 Å². The number of piperazine rings is 1. The lowest BCUT2D eigenvalue weighted by Crippen LogP contribution is -2.43. The van der Waals surface area contributed by atoms with E-state index < -0.39 is 6.61 Å². The van der Waals surface area contributed by atoms with Gasteiger partial charge in [0.1, 0.15) is 6.61 Å². The maximum Gasteiger partial charge on any atom is 0.185 e. The summed E-state index contributed by atoms with van der Waals surface area (Å²) in [5.74, 6) is -0.354. The van der Waals surface area contributed by atoms with Gasteiger partial charge >= 0.3 is 0 Å². The fourth-order valence-electron chi connectivity index (χ4n) is 3.32. The summed E-state index contributed by atoms with van der Waals surface area (Å²) in [4.78, 5) is 28.5. The molecule has 0 bridgehead atoms. The molecular formula is C25H28N2O3. The van der Waals surface area contributed by atoms with Crippen molar-refractivity contribution in [1.29, 1.82) is 0 Å². The van der Waals surface area contributed by atoms with Gasteiger partial charge in [0.25, 0.3) is 0 Å². The van der Waals surface area contributed by atoms with Crippen LogP contribution in [0.2, 0.25) is 0 Å². The number of carbonyl (C=O) groups excluding carboxylic acids is 2. The summed E-state index contributed by atoms with van der Waals surface area (Å²) in [6.45, 7) is 4.63. The van der Waals surface area contributed by atoms with Crippen molar-refractivity contribution >= 4 is 23.7 Å². The minimum atomic E-state index is -0.490. The van der Waals surface area contributed by atoms with Crippen LogP contribution in [-0.2, 0) is 11.3 Å². The van der Waals surface area contributed by atoms with Crippen molar-refractivity contribution in [3.05, 3.63) is 82.9 Å². The molecule has 156 valence electrons. The average Bonchev–Trinajstić information content (AvgIpc) is 2.78. The number of ketones is 2.